The molecule has 0 spiro atoms. The Morgan fingerprint density at radius 3 is 3.30 bits per heavy atom. The second kappa shape index (κ2) is 6.17. The van der Waals surface area contributed by atoms with Crippen LogP contribution in [-0.2, 0) is 9.53 Å². The van der Waals surface area contributed by atoms with Crippen molar-refractivity contribution in [2.24, 2.45) is 0 Å². The number of aromatic nitrogens is 1. The van der Waals surface area contributed by atoms with Crippen LogP contribution in [0.4, 0.5) is 5.13 Å². The van der Waals surface area contributed by atoms with Crippen LogP contribution in [0.15, 0.2) is 28.2 Å². The first-order valence-electron chi connectivity index (χ1n) is 6.41. The van der Waals surface area contributed by atoms with Crippen molar-refractivity contribution in [3.05, 3.63) is 23.8 Å². The van der Waals surface area contributed by atoms with Gasteiger partial charge in [-0.05, 0) is 12.1 Å². The lowest BCUT2D eigenvalue weighted by atomic mass is 10.2. The highest BCUT2D eigenvalue weighted by Crippen LogP contribution is 2.25. The maximum Gasteiger partial charge on any atom is 0.227 e. The second-order valence-corrected chi connectivity index (χ2v) is 5.35. The van der Waals surface area contributed by atoms with Crippen molar-refractivity contribution in [2.75, 3.05) is 25.1 Å². The van der Waals surface area contributed by atoms with Crippen LogP contribution in [0.25, 0.3) is 11.5 Å². The van der Waals surface area contributed by atoms with Gasteiger partial charge in [0.1, 0.15) is 5.69 Å². The van der Waals surface area contributed by atoms with E-state index in [-0.39, 0.29) is 11.9 Å². The number of furan rings is 1. The Balaban J connectivity index is 1.56. The topological polar surface area (TPSA) is 76.4 Å². The summed E-state index contributed by atoms with van der Waals surface area (Å²) >= 11 is 1.38. The van der Waals surface area contributed by atoms with Crippen molar-refractivity contribution in [3.8, 4) is 11.5 Å². The maximum atomic E-state index is 11.9. The zero-order valence-electron chi connectivity index (χ0n) is 10.8. The third kappa shape index (κ3) is 3.24. The van der Waals surface area contributed by atoms with Gasteiger partial charge in [-0.15, -0.1) is 11.3 Å². The number of hydrogen-bond donors (Lipinski definition) is 2. The van der Waals surface area contributed by atoms with E-state index < -0.39 is 0 Å². The summed E-state index contributed by atoms with van der Waals surface area (Å²) in [4.78, 5) is 16.2. The molecular formula is C13H15N3O3S. The quantitative estimate of drug-likeness (QED) is 0.897. The van der Waals surface area contributed by atoms with Gasteiger partial charge in [0.15, 0.2) is 10.9 Å². The van der Waals surface area contributed by atoms with Crippen LogP contribution >= 0.6 is 11.3 Å². The number of anilines is 1. The minimum absolute atomic E-state index is 0.0617. The summed E-state index contributed by atoms with van der Waals surface area (Å²) in [6.07, 6.45) is 1.98. The Labute approximate surface area is 120 Å². The van der Waals surface area contributed by atoms with E-state index in [9.17, 15) is 4.79 Å². The lowest BCUT2D eigenvalue weighted by Gasteiger charge is -2.22. The van der Waals surface area contributed by atoms with Gasteiger partial charge in [-0.3, -0.25) is 4.79 Å². The summed E-state index contributed by atoms with van der Waals surface area (Å²) in [6.45, 7) is 2.07. The molecule has 6 nitrogen and oxygen atoms in total. The van der Waals surface area contributed by atoms with Crippen LogP contribution in [0.5, 0.6) is 0 Å². The zero-order valence-corrected chi connectivity index (χ0v) is 11.6. The molecule has 20 heavy (non-hydrogen) atoms. The van der Waals surface area contributed by atoms with Gasteiger partial charge < -0.3 is 19.8 Å². The van der Waals surface area contributed by atoms with Crippen LogP contribution in [0.1, 0.15) is 6.42 Å². The monoisotopic (exact) mass is 293 g/mol. The van der Waals surface area contributed by atoms with Gasteiger partial charge in [-0.25, -0.2) is 4.98 Å². The molecule has 0 radical (unpaired) electrons. The summed E-state index contributed by atoms with van der Waals surface area (Å²) in [7, 11) is 0. The molecule has 1 aliphatic heterocycles. The van der Waals surface area contributed by atoms with Crippen LogP contribution < -0.4 is 10.6 Å². The Morgan fingerprint density at radius 1 is 1.60 bits per heavy atom. The van der Waals surface area contributed by atoms with E-state index >= 15 is 0 Å². The predicted molar refractivity (Wildman–Crippen MR) is 75.7 cm³/mol. The minimum Gasteiger partial charge on any atom is -0.463 e. The third-order valence-electron chi connectivity index (χ3n) is 2.95. The maximum absolute atomic E-state index is 11.9. The van der Waals surface area contributed by atoms with Gasteiger partial charge in [-0.1, -0.05) is 0 Å². The van der Waals surface area contributed by atoms with E-state index in [4.69, 9.17) is 9.15 Å². The van der Waals surface area contributed by atoms with Gasteiger partial charge in [0.2, 0.25) is 5.91 Å². The number of thiazole rings is 1. The van der Waals surface area contributed by atoms with Crippen molar-refractivity contribution >= 4 is 22.4 Å². The SMILES string of the molecule is O=C(CC1COCCN1)Nc1nc(-c2ccco2)cs1. The van der Waals surface area contributed by atoms with Crippen molar-refractivity contribution in [2.45, 2.75) is 12.5 Å². The smallest absolute Gasteiger partial charge is 0.227 e. The Kier molecular flexibility index (Phi) is 4.10. The average molecular weight is 293 g/mol. The molecule has 0 aliphatic carbocycles. The normalized spacial score (nSPS) is 18.9. The number of morpholine rings is 1. The molecular weight excluding hydrogens is 278 g/mol. The molecule has 1 unspecified atom stereocenters. The first-order valence-corrected chi connectivity index (χ1v) is 7.29. The average Bonchev–Trinajstić information content (AvgIpc) is 3.10. The van der Waals surface area contributed by atoms with Crippen LogP contribution in [0.3, 0.4) is 0 Å². The van der Waals surface area contributed by atoms with Crippen LogP contribution in [0, 0.1) is 0 Å². The Hall–Kier alpha value is -1.70. The molecule has 7 heteroatoms. The lowest BCUT2D eigenvalue weighted by Crippen LogP contribution is -2.43. The minimum atomic E-state index is -0.0617. The van der Waals surface area contributed by atoms with Crippen molar-refractivity contribution in [1.82, 2.24) is 10.3 Å². The molecule has 0 bridgehead atoms. The highest BCUT2D eigenvalue weighted by molar-refractivity contribution is 7.14. The number of carbonyl (C=O) groups excluding carboxylic acids is 1. The number of hydrogen-bond acceptors (Lipinski definition) is 6. The molecule has 2 N–H and O–H groups in total. The number of rotatable bonds is 4. The standard InChI is InChI=1S/C13H15N3O3S/c17-12(6-9-7-18-5-3-14-9)16-13-15-10(8-20-13)11-2-1-4-19-11/h1-2,4,8-9,14H,3,5-7H2,(H,15,16,17). The van der Waals surface area contributed by atoms with Crippen molar-refractivity contribution in [3.63, 3.8) is 0 Å². The zero-order chi connectivity index (χ0) is 13.8. The molecule has 106 valence electrons. The van der Waals surface area contributed by atoms with Crippen molar-refractivity contribution in [1.29, 1.82) is 0 Å². The molecule has 2 aromatic heterocycles. The van der Waals surface area contributed by atoms with Crippen LogP contribution in [0.2, 0.25) is 0 Å². The second-order valence-electron chi connectivity index (χ2n) is 4.49. The molecule has 1 fully saturated rings. The van der Waals surface area contributed by atoms with Gasteiger partial charge in [0.25, 0.3) is 0 Å². The van der Waals surface area contributed by atoms with Gasteiger partial charge in [0.05, 0.1) is 19.5 Å². The highest BCUT2D eigenvalue weighted by atomic mass is 32.1. The third-order valence-corrected chi connectivity index (χ3v) is 3.71. The Morgan fingerprint density at radius 2 is 2.55 bits per heavy atom. The van der Waals surface area contributed by atoms with Gasteiger partial charge in [-0.2, -0.15) is 0 Å². The number of nitrogens with zero attached hydrogens (tertiary/aromatic N) is 1. The summed E-state index contributed by atoms with van der Waals surface area (Å²) in [5, 5.41) is 8.49. The lowest BCUT2D eigenvalue weighted by molar-refractivity contribution is -0.117. The molecule has 3 rings (SSSR count). The summed E-state index contributed by atoms with van der Waals surface area (Å²) in [5.74, 6) is 0.637. The van der Waals surface area contributed by atoms with E-state index in [1.165, 1.54) is 11.3 Å². The summed E-state index contributed by atoms with van der Waals surface area (Å²) in [5.41, 5.74) is 0.731. The number of amides is 1. The number of carbonyl (C=O) groups is 1. The van der Waals surface area contributed by atoms with Crippen LogP contribution in [-0.4, -0.2) is 36.7 Å². The molecule has 2 aromatic rings. The van der Waals surface area contributed by atoms with E-state index in [0.717, 1.165) is 12.2 Å². The fourth-order valence-electron chi connectivity index (χ4n) is 2.01. The van der Waals surface area contributed by atoms with E-state index in [1.807, 2.05) is 17.5 Å². The van der Waals surface area contributed by atoms with E-state index in [1.54, 1.807) is 6.26 Å². The first-order chi connectivity index (χ1) is 9.81. The van der Waals surface area contributed by atoms with Gasteiger partial charge in [0, 0.05) is 24.4 Å². The molecule has 1 aliphatic rings. The number of nitrogens with one attached hydrogen (secondary N) is 2. The van der Waals surface area contributed by atoms with E-state index in [2.05, 4.69) is 15.6 Å². The van der Waals surface area contributed by atoms with Crippen molar-refractivity contribution < 1.29 is 13.9 Å². The molecule has 3 heterocycles. The van der Waals surface area contributed by atoms with Gasteiger partial charge >= 0.3 is 0 Å². The molecule has 1 amide bonds. The largest absolute Gasteiger partial charge is 0.463 e. The molecule has 1 atom stereocenters. The first kappa shape index (κ1) is 13.3. The number of ether oxygens (including phenoxy) is 1. The Bertz CT molecular complexity index is 561. The molecule has 1 saturated heterocycles. The molecule has 0 saturated carbocycles. The predicted octanol–water partition coefficient (Wildman–Crippen LogP) is 1.72. The summed E-state index contributed by atoms with van der Waals surface area (Å²) in [6, 6.07) is 3.72. The molecule has 0 aromatic carbocycles. The summed E-state index contributed by atoms with van der Waals surface area (Å²) < 4.78 is 10.6. The fourth-order valence-corrected chi connectivity index (χ4v) is 2.73. The fraction of sp³-hybridized carbons (Fsp3) is 0.385. The van der Waals surface area contributed by atoms with E-state index in [0.29, 0.717) is 30.5 Å². The highest BCUT2D eigenvalue weighted by Gasteiger charge is 2.17.